The van der Waals surface area contributed by atoms with E-state index >= 15 is 0 Å². The number of benzene rings is 2. The van der Waals surface area contributed by atoms with Crippen LogP contribution in [0, 0.1) is 19.7 Å². The third kappa shape index (κ3) is 2.68. The molecule has 0 bridgehead atoms. The molecule has 2 N–H and O–H groups in total. The van der Waals surface area contributed by atoms with Crippen molar-refractivity contribution in [3.8, 4) is 0 Å². The van der Waals surface area contributed by atoms with Crippen molar-refractivity contribution in [2.75, 3.05) is 11.9 Å². The Balaban J connectivity index is 2.57. The maximum atomic E-state index is 13.8. The molecular weight excluding hydrogens is 251 g/mol. The highest BCUT2D eigenvalue weighted by Gasteiger charge is 2.16. The SMILES string of the molecule is Cc1cc(N(C)c2ccccc2C)c(C(C)N)cc1F. The molecule has 3 heteroatoms. The minimum atomic E-state index is -0.216. The highest BCUT2D eigenvalue weighted by molar-refractivity contribution is 5.69. The van der Waals surface area contributed by atoms with E-state index in [-0.39, 0.29) is 11.9 Å². The molecule has 1 atom stereocenters. The number of halogens is 1. The minimum Gasteiger partial charge on any atom is -0.344 e. The molecule has 0 aromatic heterocycles. The summed E-state index contributed by atoms with van der Waals surface area (Å²) in [4.78, 5) is 2.07. The van der Waals surface area contributed by atoms with Crippen LogP contribution in [-0.4, -0.2) is 7.05 Å². The van der Waals surface area contributed by atoms with Gasteiger partial charge in [0.15, 0.2) is 0 Å². The van der Waals surface area contributed by atoms with E-state index in [2.05, 4.69) is 24.0 Å². The Morgan fingerprint density at radius 1 is 1.05 bits per heavy atom. The third-order valence-corrected chi connectivity index (χ3v) is 3.64. The zero-order chi connectivity index (χ0) is 14.9. The van der Waals surface area contributed by atoms with Crippen molar-refractivity contribution in [3.05, 3.63) is 58.9 Å². The summed E-state index contributed by atoms with van der Waals surface area (Å²) in [5.41, 5.74) is 10.7. The standard InChI is InChI=1S/C17H21FN2/c1-11-7-5-6-8-16(11)20(4)17-9-12(2)15(18)10-14(17)13(3)19/h5-10,13H,19H2,1-4H3. The Morgan fingerprint density at radius 2 is 1.70 bits per heavy atom. The van der Waals surface area contributed by atoms with Gasteiger partial charge in [-0.15, -0.1) is 0 Å². The van der Waals surface area contributed by atoms with E-state index in [4.69, 9.17) is 5.73 Å². The fraction of sp³-hybridized carbons (Fsp3) is 0.294. The molecule has 106 valence electrons. The van der Waals surface area contributed by atoms with E-state index in [9.17, 15) is 4.39 Å². The van der Waals surface area contributed by atoms with E-state index in [0.29, 0.717) is 5.56 Å². The number of hydrogen-bond donors (Lipinski definition) is 1. The van der Waals surface area contributed by atoms with Crippen molar-refractivity contribution in [1.29, 1.82) is 0 Å². The van der Waals surface area contributed by atoms with Crippen LogP contribution in [-0.2, 0) is 0 Å². The van der Waals surface area contributed by atoms with Crippen molar-refractivity contribution in [1.82, 2.24) is 0 Å². The van der Waals surface area contributed by atoms with Gasteiger partial charge in [-0.1, -0.05) is 18.2 Å². The molecule has 0 saturated carbocycles. The average molecular weight is 272 g/mol. The Labute approximate surface area is 120 Å². The normalized spacial score (nSPS) is 12.3. The van der Waals surface area contributed by atoms with Gasteiger partial charge in [0.2, 0.25) is 0 Å². The van der Waals surface area contributed by atoms with Crippen LogP contribution < -0.4 is 10.6 Å². The maximum absolute atomic E-state index is 13.8. The van der Waals surface area contributed by atoms with E-state index in [1.54, 1.807) is 13.0 Å². The second-order valence-corrected chi connectivity index (χ2v) is 5.29. The predicted octanol–water partition coefficient (Wildman–Crippen LogP) is 4.23. The molecule has 2 nitrogen and oxygen atoms in total. The molecule has 2 aromatic rings. The Kier molecular flexibility index (Phi) is 4.09. The third-order valence-electron chi connectivity index (χ3n) is 3.64. The number of rotatable bonds is 3. The number of nitrogens with zero attached hydrogens (tertiary/aromatic N) is 1. The molecule has 0 radical (unpaired) electrons. The van der Waals surface area contributed by atoms with Crippen molar-refractivity contribution >= 4 is 11.4 Å². The molecule has 0 aliphatic heterocycles. The van der Waals surface area contributed by atoms with Gasteiger partial charge in [0.1, 0.15) is 5.82 Å². The molecule has 0 amide bonds. The molecule has 0 aliphatic carbocycles. The van der Waals surface area contributed by atoms with Gasteiger partial charge in [-0.25, -0.2) is 4.39 Å². The highest BCUT2D eigenvalue weighted by Crippen LogP contribution is 2.33. The van der Waals surface area contributed by atoms with Crippen molar-refractivity contribution in [3.63, 3.8) is 0 Å². The molecular formula is C17H21FN2. The summed E-state index contributed by atoms with van der Waals surface area (Å²) in [6.45, 7) is 5.71. The minimum absolute atomic E-state index is 0.209. The van der Waals surface area contributed by atoms with Crippen molar-refractivity contribution in [2.24, 2.45) is 5.73 Å². The highest BCUT2D eigenvalue weighted by atomic mass is 19.1. The van der Waals surface area contributed by atoms with Crippen LogP contribution in [0.25, 0.3) is 0 Å². The zero-order valence-electron chi connectivity index (χ0n) is 12.4. The summed E-state index contributed by atoms with van der Waals surface area (Å²) in [6.07, 6.45) is 0. The summed E-state index contributed by atoms with van der Waals surface area (Å²) >= 11 is 0. The number of para-hydroxylation sites is 1. The van der Waals surface area contributed by atoms with Gasteiger partial charge in [-0.3, -0.25) is 0 Å². The lowest BCUT2D eigenvalue weighted by atomic mass is 10.0. The van der Waals surface area contributed by atoms with Crippen molar-refractivity contribution < 1.29 is 4.39 Å². The fourth-order valence-electron chi connectivity index (χ4n) is 2.41. The van der Waals surface area contributed by atoms with Gasteiger partial charge in [0.25, 0.3) is 0 Å². The van der Waals surface area contributed by atoms with Gasteiger partial charge in [0, 0.05) is 24.5 Å². The quantitative estimate of drug-likeness (QED) is 0.906. The van der Waals surface area contributed by atoms with Gasteiger partial charge in [-0.05, 0) is 55.7 Å². The van der Waals surface area contributed by atoms with E-state index < -0.39 is 0 Å². The van der Waals surface area contributed by atoms with Crippen LogP contribution in [0.5, 0.6) is 0 Å². The summed E-state index contributed by atoms with van der Waals surface area (Å²) in [5, 5.41) is 0. The molecule has 1 unspecified atom stereocenters. The Bertz CT molecular complexity index is 620. The predicted molar refractivity (Wildman–Crippen MR) is 83.0 cm³/mol. The first kappa shape index (κ1) is 14.5. The maximum Gasteiger partial charge on any atom is 0.126 e. The first-order valence-electron chi connectivity index (χ1n) is 6.76. The van der Waals surface area contributed by atoms with E-state index in [1.807, 2.05) is 32.2 Å². The molecule has 0 aliphatic rings. The Morgan fingerprint density at radius 3 is 2.30 bits per heavy atom. The van der Waals surface area contributed by atoms with Crippen LogP contribution in [0.1, 0.15) is 29.7 Å². The van der Waals surface area contributed by atoms with Gasteiger partial charge in [-0.2, -0.15) is 0 Å². The van der Waals surface area contributed by atoms with Gasteiger partial charge in [0.05, 0.1) is 0 Å². The van der Waals surface area contributed by atoms with Crippen LogP contribution in [0.3, 0.4) is 0 Å². The van der Waals surface area contributed by atoms with Crippen LogP contribution >= 0.6 is 0 Å². The molecule has 0 spiro atoms. The molecule has 2 aromatic carbocycles. The Hall–Kier alpha value is -1.87. The number of anilines is 2. The van der Waals surface area contributed by atoms with Crippen LogP contribution in [0.4, 0.5) is 15.8 Å². The fourth-order valence-corrected chi connectivity index (χ4v) is 2.41. The van der Waals surface area contributed by atoms with Gasteiger partial charge < -0.3 is 10.6 Å². The number of aryl methyl sites for hydroxylation is 2. The lowest BCUT2D eigenvalue weighted by Crippen LogP contribution is -2.17. The summed E-state index contributed by atoms with van der Waals surface area (Å²) in [7, 11) is 1.99. The number of hydrogen-bond acceptors (Lipinski definition) is 2. The van der Waals surface area contributed by atoms with Crippen LogP contribution in [0.15, 0.2) is 36.4 Å². The monoisotopic (exact) mass is 272 g/mol. The second kappa shape index (κ2) is 5.63. The summed E-state index contributed by atoms with van der Waals surface area (Å²) in [6, 6.07) is 11.3. The topological polar surface area (TPSA) is 29.3 Å². The summed E-state index contributed by atoms with van der Waals surface area (Å²) in [5.74, 6) is -0.209. The lowest BCUT2D eigenvalue weighted by molar-refractivity contribution is 0.613. The molecule has 0 heterocycles. The first-order valence-corrected chi connectivity index (χ1v) is 6.76. The van der Waals surface area contributed by atoms with Crippen LogP contribution in [0.2, 0.25) is 0 Å². The summed E-state index contributed by atoms with van der Waals surface area (Å²) < 4.78 is 13.8. The smallest absolute Gasteiger partial charge is 0.126 e. The van der Waals surface area contributed by atoms with E-state index in [1.165, 1.54) is 5.56 Å². The number of nitrogens with two attached hydrogens (primary N) is 1. The molecule has 2 rings (SSSR count). The molecule has 0 saturated heterocycles. The van der Waals surface area contributed by atoms with E-state index in [0.717, 1.165) is 16.9 Å². The molecule has 20 heavy (non-hydrogen) atoms. The first-order chi connectivity index (χ1) is 9.41. The average Bonchev–Trinajstić information content (AvgIpc) is 2.41. The lowest BCUT2D eigenvalue weighted by Gasteiger charge is -2.26. The molecule has 0 fully saturated rings. The largest absolute Gasteiger partial charge is 0.344 e. The van der Waals surface area contributed by atoms with Gasteiger partial charge >= 0.3 is 0 Å². The second-order valence-electron chi connectivity index (χ2n) is 5.29. The zero-order valence-corrected chi connectivity index (χ0v) is 12.4. The van der Waals surface area contributed by atoms with Crippen molar-refractivity contribution in [2.45, 2.75) is 26.8 Å².